The summed E-state index contributed by atoms with van der Waals surface area (Å²) in [6, 6.07) is 19.2. The van der Waals surface area contributed by atoms with Crippen molar-refractivity contribution in [3.05, 3.63) is 71.3 Å². The largest absolute Gasteiger partial charge is 0.0683 e. The molecule has 0 aliphatic carbocycles. The average Bonchev–Trinajstić information content (AvgIpc) is 2.51. The van der Waals surface area contributed by atoms with Crippen LogP contribution in [0.25, 0.3) is 0 Å². The lowest BCUT2D eigenvalue weighted by atomic mass is 10.0. The summed E-state index contributed by atoms with van der Waals surface area (Å²) >= 11 is 0. The molecule has 0 bridgehead atoms. The second-order valence-corrected chi connectivity index (χ2v) is 5.63. The van der Waals surface area contributed by atoms with E-state index in [-0.39, 0.29) is 0 Å². The van der Waals surface area contributed by atoms with E-state index >= 15 is 0 Å². The standard InChI is InChI=1S/C10H14.C9H12.C2H6/c1-8(2)10-6-4-5-9(3)7-10;1-8(2)9-6-4-3-5-7-9;1-2/h4-8H,1-3H3;3-8H,1-2H3;1-2H3. The summed E-state index contributed by atoms with van der Waals surface area (Å²) in [4.78, 5) is 0. The smallest absolute Gasteiger partial charge is 0.0219 e. The van der Waals surface area contributed by atoms with E-state index in [1.807, 2.05) is 19.9 Å². The molecule has 0 aliphatic rings. The molecule has 0 aliphatic heterocycles. The Morgan fingerprint density at radius 3 is 1.43 bits per heavy atom. The first-order valence-corrected chi connectivity index (χ1v) is 8.12. The summed E-state index contributed by atoms with van der Waals surface area (Å²) in [7, 11) is 0. The van der Waals surface area contributed by atoms with Crippen molar-refractivity contribution < 1.29 is 0 Å². The number of aryl methyl sites for hydroxylation is 1. The topological polar surface area (TPSA) is 0 Å². The fourth-order valence-corrected chi connectivity index (χ4v) is 1.87. The van der Waals surface area contributed by atoms with Gasteiger partial charge in [0.2, 0.25) is 0 Å². The van der Waals surface area contributed by atoms with Gasteiger partial charge >= 0.3 is 0 Å². The van der Waals surface area contributed by atoms with E-state index in [9.17, 15) is 0 Å². The van der Waals surface area contributed by atoms with Crippen molar-refractivity contribution in [1.29, 1.82) is 0 Å². The molecule has 0 nitrogen and oxygen atoms in total. The van der Waals surface area contributed by atoms with Crippen molar-refractivity contribution in [3.8, 4) is 0 Å². The minimum absolute atomic E-state index is 0.653. The quantitative estimate of drug-likeness (QED) is 0.559. The van der Waals surface area contributed by atoms with Gasteiger partial charge in [-0.3, -0.25) is 0 Å². The van der Waals surface area contributed by atoms with Crippen LogP contribution in [0, 0.1) is 6.92 Å². The van der Waals surface area contributed by atoms with Crippen molar-refractivity contribution in [1.82, 2.24) is 0 Å². The minimum Gasteiger partial charge on any atom is -0.0683 e. The summed E-state index contributed by atoms with van der Waals surface area (Å²) in [6.07, 6.45) is 0. The van der Waals surface area contributed by atoms with E-state index in [4.69, 9.17) is 0 Å². The molecule has 2 rings (SSSR count). The summed E-state index contributed by atoms with van der Waals surface area (Å²) in [5.74, 6) is 1.31. The summed E-state index contributed by atoms with van der Waals surface area (Å²) in [6.45, 7) is 15.0. The highest BCUT2D eigenvalue weighted by atomic mass is 14.0. The summed E-state index contributed by atoms with van der Waals surface area (Å²) in [5, 5.41) is 0. The van der Waals surface area contributed by atoms with Gasteiger partial charge in [-0.25, -0.2) is 0 Å². The monoisotopic (exact) mass is 284 g/mol. The van der Waals surface area contributed by atoms with Crippen molar-refractivity contribution in [2.45, 2.75) is 60.3 Å². The Hall–Kier alpha value is -1.56. The number of benzene rings is 2. The Morgan fingerprint density at radius 2 is 1.10 bits per heavy atom. The van der Waals surface area contributed by atoms with E-state index in [0.29, 0.717) is 11.8 Å². The second kappa shape index (κ2) is 11.1. The normalized spacial score (nSPS) is 9.57. The minimum atomic E-state index is 0.653. The Morgan fingerprint density at radius 1 is 0.619 bits per heavy atom. The zero-order chi connectivity index (χ0) is 16.3. The van der Waals surface area contributed by atoms with Crippen molar-refractivity contribution in [3.63, 3.8) is 0 Å². The highest BCUT2D eigenvalue weighted by Crippen LogP contribution is 2.14. The first-order chi connectivity index (χ1) is 10.0. The molecule has 21 heavy (non-hydrogen) atoms. The lowest BCUT2D eigenvalue weighted by molar-refractivity contribution is 0.865. The molecule has 0 aromatic heterocycles. The third-order valence-corrected chi connectivity index (χ3v) is 3.18. The SMILES string of the molecule is CC.CC(C)c1ccccc1.Cc1cccc(C(C)C)c1. The maximum Gasteiger partial charge on any atom is -0.0219 e. The molecule has 0 heterocycles. The highest BCUT2D eigenvalue weighted by Gasteiger charge is 1.96. The van der Waals surface area contributed by atoms with Crippen LogP contribution in [0.3, 0.4) is 0 Å². The third kappa shape index (κ3) is 8.34. The first-order valence-electron chi connectivity index (χ1n) is 8.12. The van der Waals surface area contributed by atoms with Gasteiger partial charge in [0.15, 0.2) is 0 Å². The van der Waals surface area contributed by atoms with Crippen LogP contribution >= 0.6 is 0 Å². The Kier molecular flexibility index (Phi) is 10.3. The van der Waals surface area contributed by atoms with Crippen molar-refractivity contribution in [2.75, 3.05) is 0 Å². The molecule has 2 aromatic rings. The number of hydrogen-bond donors (Lipinski definition) is 0. The van der Waals surface area contributed by atoms with Crippen LogP contribution in [-0.2, 0) is 0 Å². The van der Waals surface area contributed by atoms with Crippen LogP contribution in [-0.4, -0.2) is 0 Å². The van der Waals surface area contributed by atoms with Gasteiger partial charge in [0.05, 0.1) is 0 Å². The van der Waals surface area contributed by atoms with Gasteiger partial charge in [-0.05, 0) is 29.9 Å². The molecule has 0 radical (unpaired) electrons. The fraction of sp³-hybridized carbons (Fsp3) is 0.429. The molecule has 0 N–H and O–H groups in total. The van der Waals surface area contributed by atoms with E-state index in [1.165, 1.54) is 16.7 Å². The van der Waals surface area contributed by atoms with E-state index in [0.717, 1.165) is 0 Å². The molecule has 0 spiro atoms. The lowest BCUT2D eigenvalue weighted by Gasteiger charge is -2.04. The maximum absolute atomic E-state index is 2.24. The predicted octanol–water partition coefficient (Wildman–Crippen LogP) is 6.95. The predicted molar refractivity (Wildman–Crippen MR) is 97.1 cm³/mol. The van der Waals surface area contributed by atoms with E-state index in [2.05, 4.69) is 83.1 Å². The van der Waals surface area contributed by atoms with Gasteiger partial charge in [0, 0.05) is 0 Å². The maximum atomic E-state index is 2.24. The van der Waals surface area contributed by atoms with Crippen LogP contribution in [0.15, 0.2) is 54.6 Å². The summed E-state index contributed by atoms with van der Waals surface area (Å²) in [5.41, 5.74) is 4.20. The molecule has 0 heteroatoms. The molecule has 0 atom stereocenters. The van der Waals surface area contributed by atoms with Gasteiger partial charge in [-0.15, -0.1) is 0 Å². The molecular weight excluding hydrogens is 252 g/mol. The Labute approximate surface area is 132 Å². The zero-order valence-electron chi connectivity index (χ0n) is 14.9. The number of hydrogen-bond acceptors (Lipinski definition) is 0. The van der Waals surface area contributed by atoms with Crippen LogP contribution in [0.1, 0.15) is 70.1 Å². The molecule has 116 valence electrons. The van der Waals surface area contributed by atoms with E-state index < -0.39 is 0 Å². The van der Waals surface area contributed by atoms with Gasteiger partial charge in [0.25, 0.3) is 0 Å². The molecule has 0 saturated heterocycles. The second-order valence-electron chi connectivity index (χ2n) is 5.63. The number of rotatable bonds is 2. The molecule has 0 fully saturated rings. The van der Waals surface area contributed by atoms with Gasteiger partial charge < -0.3 is 0 Å². The Bertz CT molecular complexity index is 466. The molecule has 0 saturated carbocycles. The fourth-order valence-electron chi connectivity index (χ4n) is 1.87. The van der Waals surface area contributed by atoms with Crippen molar-refractivity contribution >= 4 is 0 Å². The Balaban J connectivity index is 0.000000342. The summed E-state index contributed by atoms with van der Waals surface area (Å²) < 4.78 is 0. The van der Waals surface area contributed by atoms with Crippen LogP contribution in [0.2, 0.25) is 0 Å². The molecule has 0 amide bonds. The van der Waals surface area contributed by atoms with Crippen LogP contribution < -0.4 is 0 Å². The average molecular weight is 284 g/mol. The molecule has 0 unspecified atom stereocenters. The lowest BCUT2D eigenvalue weighted by Crippen LogP contribution is -1.86. The van der Waals surface area contributed by atoms with Crippen LogP contribution in [0.4, 0.5) is 0 Å². The third-order valence-electron chi connectivity index (χ3n) is 3.18. The molecular formula is C21H32. The highest BCUT2D eigenvalue weighted by molar-refractivity contribution is 5.24. The molecule has 2 aromatic carbocycles. The van der Waals surface area contributed by atoms with Crippen molar-refractivity contribution in [2.24, 2.45) is 0 Å². The van der Waals surface area contributed by atoms with Gasteiger partial charge in [-0.1, -0.05) is 102 Å². The van der Waals surface area contributed by atoms with Crippen LogP contribution in [0.5, 0.6) is 0 Å². The van der Waals surface area contributed by atoms with Gasteiger partial charge in [-0.2, -0.15) is 0 Å². The van der Waals surface area contributed by atoms with Gasteiger partial charge in [0.1, 0.15) is 0 Å². The first kappa shape index (κ1) is 19.4. The zero-order valence-corrected chi connectivity index (χ0v) is 14.9. The van der Waals surface area contributed by atoms with E-state index in [1.54, 1.807) is 0 Å².